The molecule has 0 spiro atoms. The molecule has 0 radical (unpaired) electrons. The Bertz CT molecular complexity index is 995. The van der Waals surface area contributed by atoms with E-state index in [1.54, 1.807) is 18.2 Å². The number of aryl methyl sites for hydroxylation is 1. The monoisotopic (exact) mass is 393 g/mol. The highest BCUT2D eigenvalue weighted by Crippen LogP contribution is 2.31. The summed E-state index contributed by atoms with van der Waals surface area (Å²) in [5.74, 6) is 1.93. The third-order valence-corrected chi connectivity index (χ3v) is 4.79. The molecule has 0 atom stereocenters. The van der Waals surface area contributed by atoms with Gasteiger partial charge in [0.05, 0.1) is 11.0 Å². The fourth-order valence-electron chi connectivity index (χ4n) is 3.28. The lowest BCUT2D eigenvalue weighted by Crippen LogP contribution is -2.25. The van der Waals surface area contributed by atoms with Gasteiger partial charge in [0, 0.05) is 31.4 Å². The van der Waals surface area contributed by atoms with Gasteiger partial charge < -0.3 is 19.8 Å². The van der Waals surface area contributed by atoms with Crippen molar-refractivity contribution in [2.45, 2.75) is 25.7 Å². The molecule has 2 aromatic carbocycles. The van der Waals surface area contributed by atoms with Crippen LogP contribution in [-0.2, 0) is 11.2 Å². The van der Waals surface area contributed by atoms with E-state index in [1.165, 1.54) is 0 Å². The van der Waals surface area contributed by atoms with Crippen LogP contribution >= 0.6 is 0 Å². The highest BCUT2D eigenvalue weighted by atomic mass is 16.6. The summed E-state index contributed by atoms with van der Waals surface area (Å²) in [6.45, 7) is 1.53. The SMILES string of the molecule is O=C(CCC(=O)c1ccc2c(c1)OCCO2)NCCCc1nc2ccccc2[nH]1. The first kappa shape index (κ1) is 19.0. The summed E-state index contributed by atoms with van der Waals surface area (Å²) >= 11 is 0. The van der Waals surface area contributed by atoms with Crippen LogP contribution < -0.4 is 14.8 Å². The van der Waals surface area contributed by atoms with Crippen LogP contribution in [0.15, 0.2) is 42.5 Å². The average Bonchev–Trinajstić information content (AvgIpc) is 3.17. The normalized spacial score (nSPS) is 12.7. The van der Waals surface area contributed by atoms with Crippen LogP contribution in [0, 0.1) is 0 Å². The first-order valence-corrected chi connectivity index (χ1v) is 9.82. The maximum Gasteiger partial charge on any atom is 0.220 e. The van der Waals surface area contributed by atoms with Crippen molar-refractivity contribution >= 4 is 22.7 Å². The zero-order chi connectivity index (χ0) is 20.1. The minimum atomic E-state index is -0.125. The van der Waals surface area contributed by atoms with Gasteiger partial charge in [0.1, 0.15) is 19.0 Å². The van der Waals surface area contributed by atoms with E-state index in [0.717, 1.165) is 29.7 Å². The Morgan fingerprint density at radius 3 is 2.72 bits per heavy atom. The van der Waals surface area contributed by atoms with Crippen LogP contribution in [0.25, 0.3) is 11.0 Å². The van der Waals surface area contributed by atoms with Gasteiger partial charge in [-0.25, -0.2) is 4.98 Å². The van der Waals surface area contributed by atoms with E-state index in [-0.39, 0.29) is 24.5 Å². The van der Waals surface area contributed by atoms with Gasteiger partial charge in [0.15, 0.2) is 17.3 Å². The lowest BCUT2D eigenvalue weighted by molar-refractivity contribution is -0.121. The topological polar surface area (TPSA) is 93.3 Å². The van der Waals surface area contributed by atoms with Crippen molar-refractivity contribution in [3.05, 3.63) is 53.9 Å². The Morgan fingerprint density at radius 2 is 1.86 bits per heavy atom. The summed E-state index contributed by atoms with van der Waals surface area (Å²) in [6, 6.07) is 13.0. The smallest absolute Gasteiger partial charge is 0.220 e. The second-order valence-electron chi connectivity index (χ2n) is 6.94. The van der Waals surface area contributed by atoms with Gasteiger partial charge in [-0.3, -0.25) is 9.59 Å². The summed E-state index contributed by atoms with van der Waals surface area (Å²) in [6.07, 6.45) is 1.86. The van der Waals surface area contributed by atoms with Gasteiger partial charge in [-0.05, 0) is 36.8 Å². The Hall–Kier alpha value is -3.35. The molecule has 0 saturated carbocycles. The zero-order valence-corrected chi connectivity index (χ0v) is 16.1. The zero-order valence-electron chi connectivity index (χ0n) is 16.1. The minimum absolute atomic E-state index is 0.0839. The summed E-state index contributed by atoms with van der Waals surface area (Å²) in [5, 5.41) is 2.87. The molecule has 0 aliphatic carbocycles. The van der Waals surface area contributed by atoms with E-state index < -0.39 is 0 Å². The number of amides is 1. The number of ketones is 1. The molecule has 2 N–H and O–H groups in total. The number of carbonyl (C=O) groups is 2. The Labute approximate surface area is 168 Å². The number of hydrogen-bond donors (Lipinski definition) is 2. The summed E-state index contributed by atoms with van der Waals surface area (Å²) in [5.41, 5.74) is 2.50. The van der Waals surface area contributed by atoms with Gasteiger partial charge in [0.2, 0.25) is 5.91 Å². The van der Waals surface area contributed by atoms with E-state index in [1.807, 2.05) is 24.3 Å². The molecule has 3 aromatic rings. The molecule has 7 heteroatoms. The molecule has 4 rings (SSSR count). The van der Waals surface area contributed by atoms with Crippen molar-refractivity contribution in [3.8, 4) is 11.5 Å². The molecule has 0 unspecified atom stereocenters. The molecule has 29 heavy (non-hydrogen) atoms. The first-order chi connectivity index (χ1) is 14.2. The van der Waals surface area contributed by atoms with Crippen molar-refractivity contribution in [3.63, 3.8) is 0 Å². The second kappa shape index (κ2) is 8.77. The number of H-pyrrole nitrogens is 1. The number of para-hydroxylation sites is 2. The average molecular weight is 393 g/mol. The van der Waals surface area contributed by atoms with Crippen LogP contribution in [0.3, 0.4) is 0 Å². The van der Waals surface area contributed by atoms with Crippen molar-refractivity contribution in [1.29, 1.82) is 0 Å². The Balaban J connectivity index is 1.18. The van der Waals surface area contributed by atoms with Crippen LogP contribution in [0.2, 0.25) is 0 Å². The summed E-state index contributed by atoms with van der Waals surface area (Å²) < 4.78 is 11.0. The predicted octanol–water partition coefficient (Wildman–Crippen LogP) is 3.05. The number of ether oxygens (including phenoxy) is 2. The van der Waals surface area contributed by atoms with Crippen molar-refractivity contribution in [2.75, 3.05) is 19.8 Å². The van der Waals surface area contributed by atoms with Gasteiger partial charge in [-0.1, -0.05) is 12.1 Å². The van der Waals surface area contributed by atoms with E-state index in [4.69, 9.17) is 9.47 Å². The molecule has 1 amide bonds. The van der Waals surface area contributed by atoms with Gasteiger partial charge in [-0.2, -0.15) is 0 Å². The lowest BCUT2D eigenvalue weighted by Gasteiger charge is -2.18. The minimum Gasteiger partial charge on any atom is -0.486 e. The molecule has 0 bridgehead atoms. The fraction of sp³-hybridized carbons (Fsp3) is 0.318. The maximum absolute atomic E-state index is 12.3. The number of Topliss-reactive ketones (excluding diaryl/α,β-unsaturated/α-hetero) is 1. The van der Waals surface area contributed by atoms with Crippen LogP contribution in [0.1, 0.15) is 35.4 Å². The molecular formula is C22H23N3O4. The number of hydrogen-bond acceptors (Lipinski definition) is 5. The predicted molar refractivity (Wildman–Crippen MR) is 108 cm³/mol. The number of benzene rings is 2. The summed E-state index contributed by atoms with van der Waals surface area (Å²) in [7, 11) is 0. The van der Waals surface area contributed by atoms with Gasteiger partial charge in [0.25, 0.3) is 0 Å². The molecular weight excluding hydrogens is 370 g/mol. The van der Waals surface area contributed by atoms with Crippen LogP contribution in [-0.4, -0.2) is 41.4 Å². The van der Waals surface area contributed by atoms with Crippen molar-refractivity contribution < 1.29 is 19.1 Å². The second-order valence-corrected chi connectivity index (χ2v) is 6.94. The number of rotatable bonds is 8. The highest BCUT2D eigenvalue weighted by molar-refractivity contribution is 5.98. The summed E-state index contributed by atoms with van der Waals surface area (Å²) in [4.78, 5) is 32.2. The molecule has 1 aliphatic rings. The molecule has 2 heterocycles. The quantitative estimate of drug-likeness (QED) is 0.453. The number of aromatic amines is 1. The molecule has 0 fully saturated rings. The third kappa shape index (κ3) is 4.74. The van der Waals surface area contributed by atoms with Crippen molar-refractivity contribution in [2.24, 2.45) is 0 Å². The Morgan fingerprint density at radius 1 is 1.03 bits per heavy atom. The van der Waals surface area contributed by atoms with E-state index in [2.05, 4.69) is 15.3 Å². The van der Waals surface area contributed by atoms with Gasteiger partial charge in [-0.15, -0.1) is 0 Å². The number of fused-ring (bicyclic) bond motifs is 2. The molecule has 7 nitrogen and oxygen atoms in total. The molecule has 1 aliphatic heterocycles. The molecule has 150 valence electrons. The fourth-order valence-corrected chi connectivity index (χ4v) is 3.28. The van der Waals surface area contributed by atoms with E-state index in [0.29, 0.717) is 36.8 Å². The number of nitrogens with zero attached hydrogens (tertiary/aromatic N) is 1. The first-order valence-electron chi connectivity index (χ1n) is 9.82. The lowest BCUT2D eigenvalue weighted by atomic mass is 10.1. The van der Waals surface area contributed by atoms with E-state index in [9.17, 15) is 9.59 Å². The maximum atomic E-state index is 12.3. The van der Waals surface area contributed by atoms with Gasteiger partial charge >= 0.3 is 0 Å². The Kier molecular flexibility index (Phi) is 5.74. The standard InChI is InChI=1S/C22H23N3O4/c26-18(15-7-9-19-20(14-15)29-13-12-28-19)8-10-22(27)23-11-3-6-21-24-16-4-1-2-5-17(16)25-21/h1-2,4-5,7,9,14H,3,6,8,10-13H2,(H,23,27)(H,24,25). The number of carbonyl (C=O) groups excluding carboxylic acids is 2. The van der Waals surface area contributed by atoms with E-state index >= 15 is 0 Å². The molecule has 0 saturated heterocycles. The highest BCUT2D eigenvalue weighted by Gasteiger charge is 2.15. The molecule has 1 aromatic heterocycles. The third-order valence-electron chi connectivity index (χ3n) is 4.79. The number of nitrogens with one attached hydrogen (secondary N) is 2. The number of aromatic nitrogens is 2. The van der Waals surface area contributed by atoms with Crippen molar-refractivity contribution in [1.82, 2.24) is 15.3 Å². The van der Waals surface area contributed by atoms with Crippen LogP contribution in [0.5, 0.6) is 11.5 Å². The van der Waals surface area contributed by atoms with Crippen LogP contribution in [0.4, 0.5) is 0 Å². The largest absolute Gasteiger partial charge is 0.486 e. The number of imidazole rings is 1.